The molecule has 1 aromatic heterocycles. The summed E-state index contributed by atoms with van der Waals surface area (Å²) in [5.41, 5.74) is 9.48. The van der Waals surface area contributed by atoms with Crippen LogP contribution >= 0.6 is 0 Å². The van der Waals surface area contributed by atoms with E-state index in [0.717, 1.165) is 22.6 Å². The molecule has 4 heteroatoms. The van der Waals surface area contributed by atoms with Gasteiger partial charge in [-0.1, -0.05) is 44.4 Å². The van der Waals surface area contributed by atoms with Gasteiger partial charge >= 0.3 is 0 Å². The molecule has 21 heavy (non-hydrogen) atoms. The van der Waals surface area contributed by atoms with Gasteiger partial charge in [0.25, 0.3) is 0 Å². The van der Waals surface area contributed by atoms with Gasteiger partial charge in [-0.25, -0.2) is 0 Å². The van der Waals surface area contributed by atoms with Gasteiger partial charge in [0.2, 0.25) is 0 Å². The molecular weight excluding hydrogens is 262 g/mol. The first kappa shape index (κ1) is 14.0. The fourth-order valence-electron chi connectivity index (χ4n) is 3.50. The van der Waals surface area contributed by atoms with E-state index in [1.165, 1.54) is 32.1 Å². The van der Waals surface area contributed by atoms with Crippen molar-refractivity contribution < 1.29 is 4.74 Å². The number of para-hydroxylation sites is 1. The highest BCUT2D eigenvalue weighted by atomic mass is 16.5. The van der Waals surface area contributed by atoms with Gasteiger partial charge in [0.1, 0.15) is 5.75 Å². The monoisotopic (exact) mass is 285 g/mol. The fourth-order valence-corrected chi connectivity index (χ4v) is 3.50. The van der Waals surface area contributed by atoms with E-state index < -0.39 is 0 Å². The van der Waals surface area contributed by atoms with Crippen LogP contribution in [0.15, 0.2) is 24.3 Å². The summed E-state index contributed by atoms with van der Waals surface area (Å²) < 4.78 is 5.50. The van der Waals surface area contributed by atoms with Crippen molar-refractivity contribution >= 4 is 5.82 Å². The van der Waals surface area contributed by atoms with Crippen LogP contribution in [0.2, 0.25) is 0 Å². The Morgan fingerprint density at radius 1 is 1.19 bits per heavy atom. The first-order valence-corrected chi connectivity index (χ1v) is 7.63. The molecule has 112 valence electrons. The lowest BCUT2D eigenvalue weighted by Crippen LogP contribution is -2.26. The molecule has 1 aliphatic rings. The van der Waals surface area contributed by atoms with E-state index in [1.807, 2.05) is 18.2 Å². The van der Waals surface area contributed by atoms with Crippen LogP contribution in [0.4, 0.5) is 5.82 Å². The Bertz CT molecular complexity index is 627. The number of nitrogens with zero attached hydrogens (tertiary/aromatic N) is 1. The number of aromatic amines is 1. The summed E-state index contributed by atoms with van der Waals surface area (Å²) in [5.74, 6) is 1.40. The van der Waals surface area contributed by atoms with Crippen LogP contribution in [0.25, 0.3) is 11.1 Å². The SMILES string of the molecule is COc1ccccc1-c1c(N)n[nH]c1C1(C)CCCCC1. The van der Waals surface area contributed by atoms with Crippen LogP contribution in [0.1, 0.15) is 44.7 Å². The highest BCUT2D eigenvalue weighted by Crippen LogP contribution is 2.45. The van der Waals surface area contributed by atoms with Crippen LogP contribution in [0.3, 0.4) is 0 Å². The topological polar surface area (TPSA) is 63.9 Å². The van der Waals surface area contributed by atoms with Gasteiger partial charge in [-0.15, -0.1) is 0 Å². The van der Waals surface area contributed by atoms with Gasteiger partial charge in [0, 0.05) is 11.0 Å². The lowest BCUT2D eigenvalue weighted by molar-refractivity contribution is 0.312. The molecule has 3 rings (SSSR count). The van der Waals surface area contributed by atoms with Crippen molar-refractivity contribution in [1.29, 1.82) is 0 Å². The number of benzene rings is 1. The highest BCUT2D eigenvalue weighted by molar-refractivity contribution is 5.81. The molecule has 1 saturated carbocycles. The van der Waals surface area contributed by atoms with Gasteiger partial charge in [0.05, 0.1) is 18.4 Å². The maximum atomic E-state index is 6.16. The Kier molecular flexibility index (Phi) is 3.62. The standard InChI is InChI=1S/C17H23N3O/c1-17(10-6-3-7-11-17)15-14(16(18)20-19-15)12-8-4-5-9-13(12)21-2/h4-5,8-9H,3,6-7,10-11H2,1-2H3,(H3,18,19,20). The van der Waals surface area contributed by atoms with E-state index in [4.69, 9.17) is 10.5 Å². The number of H-pyrrole nitrogens is 1. The van der Waals surface area contributed by atoms with Crippen LogP contribution in [-0.2, 0) is 5.41 Å². The van der Waals surface area contributed by atoms with E-state index in [1.54, 1.807) is 7.11 Å². The van der Waals surface area contributed by atoms with E-state index in [9.17, 15) is 0 Å². The quantitative estimate of drug-likeness (QED) is 0.899. The third-order valence-corrected chi connectivity index (χ3v) is 4.73. The molecule has 0 spiro atoms. The molecule has 1 fully saturated rings. The number of ether oxygens (including phenoxy) is 1. The minimum Gasteiger partial charge on any atom is -0.496 e. The van der Waals surface area contributed by atoms with Crippen molar-refractivity contribution in [3.05, 3.63) is 30.0 Å². The van der Waals surface area contributed by atoms with Crippen LogP contribution in [-0.4, -0.2) is 17.3 Å². The smallest absolute Gasteiger partial charge is 0.153 e. The molecule has 0 bridgehead atoms. The number of nitrogen functional groups attached to an aromatic ring is 1. The van der Waals surface area contributed by atoms with E-state index in [0.29, 0.717) is 5.82 Å². The predicted molar refractivity (Wildman–Crippen MR) is 85.4 cm³/mol. The number of aromatic nitrogens is 2. The third-order valence-electron chi connectivity index (χ3n) is 4.73. The summed E-state index contributed by atoms with van der Waals surface area (Å²) in [4.78, 5) is 0. The fraction of sp³-hybridized carbons (Fsp3) is 0.471. The number of hydrogen-bond acceptors (Lipinski definition) is 3. The molecule has 1 aromatic carbocycles. The molecule has 0 radical (unpaired) electrons. The average Bonchev–Trinajstić information content (AvgIpc) is 2.90. The molecule has 0 amide bonds. The molecular formula is C17H23N3O. The molecule has 2 aromatic rings. The largest absolute Gasteiger partial charge is 0.496 e. The van der Waals surface area contributed by atoms with E-state index >= 15 is 0 Å². The number of hydrogen-bond donors (Lipinski definition) is 2. The Hall–Kier alpha value is -1.97. The van der Waals surface area contributed by atoms with Crippen molar-refractivity contribution in [1.82, 2.24) is 10.2 Å². The zero-order valence-electron chi connectivity index (χ0n) is 12.8. The third kappa shape index (κ3) is 2.39. The summed E-state index contributed by atoms with van der Waals surface area (Å²) in [5, 5.41) is 7.49. The summed E-state index contributed by atoms with van der Waals surface area (Å²) in [6.45, 7) is 2.32. The lowest BCUT2D eigenvalue weighted by Gasteiger charge is -2.33. The second-order valence-electron chi connectivity index (χ2n) is 6.18. The Labute approximate surface area is 125 Å². The predicted octanol–water partition coefficient (Wildman–Crippen LogP) is 3.89. The van der Waals surface area contributed by atoms with Crippen molar-refractivity contribution in [3.63, 3.8) is 0 Å². The van der Waals surface area contributed by atoms with Gasteiger partial charge in [-0.2, -0.15) is 5.10 Å². The molecule has 0 aliphatic heterocycles. The summed E-state index contributed by atoms with van der Waals surface area (Å²) in [6.07, 6.45) is 6.21. The van der Waals surface area contributed by atoms with Crippen LogP contribution < -0.4 is 10.5 Å². The number of nitrogens with one attached hydrogen (secondary N) is 1. The maximum Gasteiger partial charge on any atom is 0.153 e. The highest BCUT2D eigenvalue weighted by Gasteiger charge is 2.34. The molecule has 1 heterocycles. The average molecular weight is 285 g/mol. The number of nitrogens with two attached hydrogens (primary N) is 1. The zero-order chi connectivity index (χ0) is 14.9. The molecule has 0 saturated heterocycles. The molecule has 4 nitrogen and oxygen atoms in total. The number of methoxy groups -OCH3 is 1. The first-order valence-electron chi connectivity index (χ1n) is 7.63. The maximum absolute atomic E-state index is 6.16. The Morgan fingerprint density at radius 2 is 1.90 bits per heavy atom. The van der Waals surface area contributed by atoms with E-state index in [-0.39, 0.29) is 5.41 Å². The van der Waals surface area contributed by atoms with Crippen molar-refractivity contribution in [2.75, 3.05) is 12.8 Å². The molecule has 0 atom stereocenters. The second kappa shape index (κ2) is 5.43. The summed E-state index contributed by atoms with van der Waals surface area (Å²) in [7, 11) is 1.69. The van der Waals surface area contributed by atoms with Crippen LogP contribution in [0.5, 0.6) is 5.75 Å². The van der Waals surface area contributed by atoms with E-state index in [2.05, 4.69) is 23.2 Å². The van der Waals surface area contributed by atoms with Crippen LogP contribution in [0, 0.1) is 0 Å². The Balaban J connectivity index is 2.13. The van der Waals surface area contributed by atoms with Gasteiger partial charge < -0.3 is 10.5 Å². The van der Waals surface area contributed by atoms with Gasteiger partial charge in [0.15, 0.2) is 5.82 Å². The number of anilines is 1. The first-order chi connectivity index (χ1) is 10.2. The zero-order valence-corrected chi connectivity index (χ0v) is 12.8. The van der Waals surface area contributed by atoms with Gasteiger partial charge in [-0.3, -0.25) is 5.10 Å². The van der Waals surface area contributed by atoms with Crippen molar-refractivity contribution in [3.8, 4) is 16.9 Å². The van der Waals surface area contributed by atoms with Crippen molar-refractivity contribution in [2.24, 2.45) is 0 Å². The second-order valence-corrected chi connectivity index (χ2v) is 6.18. The summed E-state index contributed by atoms with van der Waals surface area (Å²) >= 11 is 0. The Morgan fingerprint density at radius 3 is 2.62 bits per heavy atom. The van der Waals surface area contributed by atoms with Gasteiger partial charge in [-0.05, 0) is 18.9 Å². The lowest BCUT2D eigenvalue weighted by atomic mass is 9.72. The summed E-state index contributed by atoms with van der Waals surface area (Å²) in [6, 6.07) is 8.00. The normalized spacial score (nSPS) is 17.6. The molecule has 0 unspecified atom stereocenters. The number of rotatable bonds is 3. The minimum absolute atomic E-state index is 0.124. The molecule has 1 aliphatic carbocycles. The molecule has 3 N–H and O–H groups in total. The van der Waals surface area contributed by atoms with Crippen molar-refractivity contribution in [2.45, 2.75) is 44.4 Å². The minimum atomic E-state index is 0.124.